The minimum absolute atomic E-state index is 0.0111. The minimum Gasteiger partial charge on any atom is -0.456 e. The zero-order valence-electron chi connectivity index (χ0n) is 14.2. The van der Waals surface area contributed by atoms with Gasteiger partial charge >= 0.3 is 5.97 Å². The summed E-state index contributed by atoms with van der Waals surface area (Å²) in [5.41, 5.74) is 0.561. The third-order valence-corrected chi connectivity index (χ3v) is 5.46. The number of nitro benzene ring substituents is 1. The van der Waals surface area contributed by atoms with Crippen molar-refractivity contribution in [3.05, 3.63) is 40.3 Å². The van der Waals surface area contributed by atoms with Crippen LogP contribution >= 0.6 is 0 Å². The van der Waals surface area contributed by atoms with Crippen molar-refractivity contribution in [1.82, 2.24) is 10.2 Å². The van der Waals surface area contributed by atoms with Crippen molar-refractivity contribution in [1.29, 1.82) is 0 Å². The number of aromatic nitrogens is 2. The maximum atomic E-state index is 12.1. The molecule has 1 aromatic carbocycles. The van der Waals surface area contributed by atoms with E-state index >= 15 is 0 Å². The maximum absolute atomic E-state index is 12.1. The second kappa shape index (κ2) is 6.86. The van der Waals surface area contributed by atoms with E-state index in [1.165, 1.54) is 43.5 Å². The van der Waals surface area contributed by atoms with Crippen LogP contribution in [-0.2, 0) is 16.1 Å². The van der Waals surface area contributed by atoms with Gasteiger partial charge in [0.2, 0.25) is 5.89 Å². The van der Waals surface area contributed by atoms with Gasteiger partial charge in [0.1, 0.15) is 0 Å². The monoisotopic (exact) mass is 357 g/mol. The molecule has 2 aliphatic rings. The van der Waals surface area contributed by atoms with Crippen LogP contribution in [0.25, 0.3) is 11.5 Å². The Morgan fingerprint density at radius 1 is 1.23 bits per heavy atom. The fourth-order valence-corrected chi connectivity index (χ4v) is 4.20. The number of ether oxygens (including phenoxy) is 1. The molecule has 8 heteroatoms. The summed E-state index contributed by atoms with van der Waals surface area (Å²) >= 11 is 0. The number of benzene rings is 1. The SMILES string of the molecule is O=C(C[C@H]1C[C@H]2CC[C@@H]1C2)OCc1nnc(-c2ccc([N+](=O)[O-])cc2)o1. The van der Waals surface area contributed by atoms with E-state index in [-0.39, 0.29) is 30.0 Å². The average molecular weight is 357 g/mol. The van der Waals surface area contributed by atoms with Crippen molar-refractivity contribution in [3.8, 4) is 11.5 Å². The molecule has 4 rings (SSSR count). The first kappa shape index (κ1) is 16.7. The van der Waals surface area contributed by atoms with E-state index in [0.29, 0.717) is 23.8 Å². The first-order chi connectivity index (χ1) is 12.6. The highest BCUT2D eigenvalue weighted by Gasteiger charge is 2.40. The molecule has 0 radical (unpaired) electrons. The number of hydrogen-bond acceptors (Lipinski definition) is 7. The fourth-order valence-electron chi connectivity index (χ4n) is 4.20. The van der Waals surface area contributed by atoms with Gasteiger partial charge in [0.25, 0.3) is 11.6 Å². The minimum atomic E-state index is -0.474. The quantitative estimate of drug-likeness (QED) is 0.442. The van der Waals surface area contributed by atoms with Crippen LogP contribution in [0.4, 0.5) is 5.69 Å². The van der Waals surface area contributed by atoms with Crippen LogP contribution in [-0.4, -0.2) is 21.1 Å². The first-order valence-electron chi connectivity index (χ1n) is 8.81. The van der Waals surface area contributed by atoms with Crippen LogP contribution < -0.4 is 0 Å². The lowest BCUT2D eigenvalue weighted by Crippen LogP contribution is -2.17. The summed E-state index contributed by atoms with van der Waals surface area (Å²) in [6.07, 6.45) is 5.42. The second-order valence-electron chi connectivity index (χ2n) is 7.10. The number of carbonyl (C=O) groups excluding carboxylic acids is 1. The van der Waals surface area contributed by atoms with E-state index in [4.69, 9.17) is 9.15 Å². The van der Waals surface area contributed by atoms with Gasteiger partial charge in [0.15, 0.2) is 6.61 Å². The van der Waals surface area contributed by atoms with Gasteiger partial charge in [-0.3, -0.25) is 14.9 Å². The zero-order valence-corrected chi connectivity index (χ0v) is 14.2. The predicted molar refractivity (Wildman–Crippen MR) is 89.7 cm³/mol. The summed E-state index contributed by atoms with van der Waals surface area (Å²) in [7, 11) is 0. The van der Waals surface area contributed by atoms with Crippen molar-refractivity contribution in [2.24, 2.45) is 17.8 Å². The van der Waals surface area contributed by atoms with Gasteiger partial charge in [0, 0.05) is 24.1 Å². The topological polar surface area (TPSA) is 108 Å². The Bertz CT molecular complexity index is 816. The Labute approximate surface area is 149 Å². The number of non-ortho nitro benzene ring substituents is 1. The van der Waals surface area contributed by atoms with Crippen molar-refractivity contribution >= 4 is 11.7 Å². The molecular weight excluding hydrogens is 338 g/mol. The fraction of sp³-hybridized carbons (Fsp3) is 0.500. The van der Waals surface area contributed by atoms with Gasteiger partial charge in [0.05, 0.1) is 4.92 Å². The van der Waals surface area contributed by atoms with Crippen molar-refractivity contribution in [3.63, 3.8) is 0 Å². The van der Waals surface area contributed by atoms with E-state index < -0.39 is 4.92 Å². The predicted octanol–water partition coefficient (Wildman–Crippen LogP) is 3.51. The summed E-state index contributed by atoms with van der Waals surface area (Å²) in [5.74, 6) is 2.17. The molecule has 0 unspecified atom stereocenters. The van der Waals surface area contributed by atoms with Crippen molar-refractivity contribution in [2.75, 3.05) is 0 Å². The Hall–Kier alpha value is -2.77. The normalized spacial score (nSPS) is 23.9. The van der Waals surface area contributed by atoms with Gasteiger partial charge < -0.3 is 9.15 Å². The molecule has 0 spiro atoms. The number of esters is 1. The van der Waals surface area contributed by atoms with Gasteiger partial charge in [-0.25, -0.2) is 0 Å². The van der Waals surface area contributed by atoms with Gasteiger partial charge in [-0.2, -0.15) is 0 Å². The second-order valence-corrected chi connectivity index (χ2v) is 7.10. The Balaban J connectivity index is 1.30. The number of fused-ring (bicyclic) bond motifs is 2. The van der Waals surface area contributed by atoms with Crippen LogP contribution in [0, 0.1) is 27.9 Å². The standard InChI is InChI=1S/C18H19N3O5/c22-17(9-14-8-11-1-2-13(14)7-11)25-10-16-19-20-18(26-16)12-3-5-15(6-4-12)21(23)24/h3-6,11,13-14H,1-2,7-10H2/t11-,13+,14+/m0/s1. The summed E-state index contributed by atoms with van der Waals surface area (Å²) < 4.78 is 10.7. The third kappa shape index (κ3) is 3.44. The Morgan fingerprint density at radius 2 is 2.04 bits per heavy atom. The highest BCUT2D eigenvalue weighted by Crippen LogP contribution is 2.49. The summed E-state index contributed by atoms with van der Waals surface area (Å²) in [4.78, 5) is 22.3. The van der Waals surface area contributed by atoms with Gasteiger partial charge in [-0.1, -0.05) is 6.42 Å². The first-order valence-corrected chi connectivity index (χ1v) is 8.81. The molecular formula is C18H19N3O5. The molecule has 2 aliphatic carbocycles. The Morgan fingerprint density at radius 3 is 2.69 bits per heavy atom. The highest BCUT2D eigenvalue weighted by molar-refractivity contribution is 5.69. The van der Waals surface area contributed by atoms with E-state index in [1.807, 2.05) is 0 Å². The number of hydrogen-bond donors (Lipinski definition) is 0. The molecule has 1 heterocycles. The molecule has 2 fully saturated rings. The molecule has 0 saturated heterocycles. The molecule has 0 amide bonds. The smallest absolute Gasteiger partial charge is 0.306 e. The number of rotatable bonds is 6. The lowest BCUT2D eigenvalue weighted by molar-refractivity contribution is -0.384. The molecule has 2 aromatic rings. The van der Waals surface area contributed by atoms with Crippen molar-refractivity contribution < 1.29 is 18.9 Å². The van der Waals surface area contributed by atoms with E-state index in [9.17, 15) is 14.9 Å². The summed E-state index contributed by atoms with van der Waals surface area (Å²) in [6.45, 7) is -0.0559. The van der Waals surface area contributed by atoms with E-state index in [2.05, 4.69) is 10.2 Å². The van der Waals surface area contributed by atoms with Gasteiger partial charge in [-0.15, -0.1) is 10.2 Å². The lowest BCUT2D eigenvalue weighted by Gasteiger charge is -2.20. The number of carbonyl (C=O) groups is 1. The third-order valence-electron chi connectivity index (χ3n) is 5.46. The molecule has 0 aliphatic heterocycles. The summed E-state index contributed by atoms with van der Waals surface area (Å²) in [5, 5.41) is 18.4. The van der Waals surface area contributed by atoms with Crippen LogP contribution in [0.5, 0.6) is 0 Å². The average Bonchev–Trinajstić information content (AvgIpc) is 3.37. The molecule has 1 aromatic heterocycles. The highest BCUT2D eigenvalue weighted by atomic mass is 16.6. The lowest BCUT2D eigenvalue weighted by atomic mass is 9.86. The maximum Gasteiger partial charge on any atom is 0.306 e. The molecule has 0 N–H and O–H groups in total. The Kier molecular flexibility index (Phi) is 4.40. The zero-order chi connectivity index (χ0) is 18.1. The van der Waals surface area contributed by atoms with Crippen LogP contribution in [0.3, 0.4) is 0 Å². The van der Waals surface area contributed by atoms with E-state index in [0.717, 1.165) is 12.3 Å². The molecule has 136 valence electrons. The van der Waals surface area contributed by atoms with Crippen molar-refractivity contribution in [2.45, 2.75) is 38.7 Å². The molecule has 8 nitrogen and oxygen atoms in total. The molecule has 2 saturated carbocycles. The van der Waals surface area contributed by atoms with E-state index in [1.54, 1.807) is 0 Å². The van der Waals surface area contributed by atoms with Gasteiger partial charge in [-0.05, 0) is 49.1 Å². The van der Waals surface area contributed by atoms with Crippen LogP contribution in [0.15, 0.2) is 28.7 Å². The van der Waals surface area contributed by atoms with Crippen LogP contribution in [0.1, 0.15) is 38.0 Å². The number of nitrogens with zero attached hydrogens (tertiary/aromatic N) is 3. The largest absolute Gasteiger partial charge is 0.456 e. The van der Waals surface area contributed by atoms with Crippen LogP contribution in [0.2, 0.25) is 0 Å². The molecule has 2 bridgehead atoms. The number of nitro groups is 1. The molecule has 26 heavy (non-hydrogen) atoms. The molecule has 3 atom stereocenters. The summed E-state index contributed by atoms with van der Waals surface area (Å²) in [6, 6.07) is 5.82.